The Morgan fingerprint density at radius 3 is 2.64 bits per heavy atom. The van der Waals surface area contributed by atoms with Crippen LogP contribution in [0, 0.1) is 17.3 Å². The summed E-state index contributed by atoms with van der Waals surface area (Å²) >= 11 is 0. The number of aromatic hydroxyl groups is 1. The Labute approximate surface area is 375 Å². The van der Waals surface area contributed by atoms with Gasteiger partial charge in [-0.15, -0.1) is 0 Å². The van der Waals surface area contributed by atoms with Gasteiger partial charge in [-0.05, 0) is 68.0 Å². The molecule has 2 aromatic heterocycles. The maximum absolute atomic E-state index is 14.7. The van der Waals surface area contributed by atoms with Gasteiger partial charge in [0.1, 0.15) is 29.7 Å². The lowest BCUT2D eigenvalue weighted by atomic mass is 9.94. The largest absolute Gasteiger partial charge is 0.508 e. The number of carbonyl (C=O) groups excluding carboxylic acids is 5. The number of imidazole rings is 1. The van der Waals surface area contributed by atoms with Crippen LogP contribution in [0.4, 0.5) is 5.69 Å². The number of fused-ring (bicyclic) bond motifs is 6. The number of carbonyl (C=O) groups is 5. The van der Waals surface area contributed by atoms with Crippen molar-refractivity contribution >= 4 is 35.3 Å². The monoisotopic (exact) mass is 881 g/mol. The Kier molecular flexibility index (Phi) is 13.8. The molecule has 0 radical (unpaired) electrons. The number of likely N-dealkylation sites (tertiary alicyclic amines) is 1. The first-order valence-corrected chi connectivity index (χ1v) is 22.3. The average molecular weight is 882 g/mol. The number of cyclic esters (lactones) is 1. The highest BCUT2D eigenvalue weighted by Gasteiger charge is 2.40. The quantitative estimate of drug-likeness (QED) is 0.210. The van der Waals surface area contributed by atoms with E-state index >= 15 is 0 Å². The highest BCUT2D eigenvalue weighted by Crippen LogP contribution is 2.36. The van der Waals surface area contributed by atoms with E-state index in [4.69, 9.17) is 19.4 Å². The fraction of sp³-hybridized carbons (Fsp3) is 0.553. The minimum absolute atomic E-state index is 0.000178. The first-order chi connectivity index (χ1) is 30.5. The Bertz CT molecular complexity index is 2270. The molecular weight excluding hydrogens is 819 g/mol. The number of pyridine rings is 1. The smallest absolute Gasteiger partial charge is 0.324 e. The van der Waals surface area contributed by atoms with Gasteiger partial charge in [0.15, 0.2) is 0 Å². The fourth-order valence-electron chi connectivity index (χ4n) is 9.49. The van der Waals surface area contributed by atoms with Crippen LogP contribution >= 0.6 is 0 Å². The van der Waals surface area contributed by atoms with Crippen LogP contribution in [0.15, 0.2) is 49.2 Å². The van der Waals surface area contributed by atoms with Crippen LogP contribution in [0.2, 0.25) is 0 Å². The second-order valence-electron chi connectivity index (χ2n) is 18.7. The molecule has 0 saturated carbocycles. The van der Waals surface area contributed by atoms with E-state index in [9.17, 15) is 29.1 Å². The molecule has 4 aliphatic heterocycles. The maximum atomic E-state index is 14.7. The molecule has 6 heterocycles. The minimum atomic E-state index is -1.15. The highest BCUT2D eigenvalue weighted by atomic mass is 16.5. The van der Waals surface area contributed by atoms with Crippen LogP contribution in [0.5, 0.6) is 5.75 Å². The van der Waals surface area contributed by atoms with Gasteiger partial charge in [0, 0.05) is 88.7 Å². The van der Waals surface area contributed by atoms with Crippen molar-refractivity contribution in [2.24, 2.45) is 17.3 Å². The Morgan fingerprint density at radius 2 is 1.91 bits per heavy atom. The third kappa shape index (κ3) is 9.79. The van der Waals surface area contributed by atoms with Crippen LogP contribution in [-0.4, -0.2) is 129 Å². The molecule has 0 aliphatic carbocycles. The van der Waals surface area contributed by atoms with Crippen molar-refractivity contribution in [3.8, 4) is 17.1 Å². The third-order valence-corrected chi connectivity index (χ3v) is 12.9. The predicted octanol–water partition coefficient (Wildman–Crippen LogP) is 3.54. The number of hydrogen-bond donors (Lipinski definition) is 3. The zero-order chi connectivity index (χ0) is 46.0. The molecule has 7 rings (SSSR count). The first-order valence-electron chi connectivity index (χ1n) is 22.3. The number of ether oxygens (including phenoxy) is 2. The summed E-state index contributed by atoms with van der Waals surface area (Å²) in [6.45, 7) is 15.8. The summed E-state index contributed by atoms with van der Waals surface area (Å²) in [6, 6.07) is 6.19. The maximum Gasteiger partial charge on any atom is 0.324 e. The second kappa shape index (κ2) is 19.1. The molecule has 344 valence electrons. The number of likely N-dealkylation sites (N-methyl/N-ethyl adjacent to an activating group) is 1. The Hall–Kier alpha value is -5.81. The lowest BCUT2D eigenvalue weighted by Gasteiger charge is -2.37. The molecular formula is C47H63N9O8. The predicted molar refractivity (Wildman–Crippen MR) is 238 cm³/mol. The van der Waals surface area contributed by atoms with Gasteiger partial charge in [0.25, 0.3) is 5.91 Å². The molecule has 4 aliphatic rings. The number of aromatic nitrogens is 3. The number of phenols is 1. The van der Waals surface area contributed by atoms with Crippen molar-refractivity contribution in [2.75, 3.05) is 51.8 Å². The first kappa shape index (κ1) is 46.2. The van der Waals surface area contributed by atoms with Crippen molar-refractivity contribution in [3.63, 3.8) is 0 Å². The molecule has 0 unspecified atom stereocenters. The summed E-state index contributed by atoms with van der Waals surface area (Å²) in [5.74, 6) is -2.10. The standard InChI is InChI=1S/C47H63N9O8/c1-9-39(58)54-18-14-31(24-54)44(60)52(7)41(28(2)3)43(59)50-37-22-30-20-32(23-33(57)21-30)53-19-15-35-38(25-53)55(42(49-35)34-12-10-16-48-40(34)29(4)63-8)26-47(5,6)27-64-46(62)36-13-11-17-56(51-36)45(37)61/h9-10,12,16,20-21,23,28-29,31,36-37,41,51,57H,1,11,13-15,17-19,22,24-27H2,2-8H3,(H,50,59)/t29-,31-,36-,37-,41-/m0/s1. The summed E-state index contributed by atoms with van der Waals surface area (Å²) in [6.07, 6.45) is 4.68. The molecule has 64 heavy (non-hydrogen) atoms. The van der Waals surface area contributed by atoms with Gasteiger partial charge in [0.2, 0.25) is 17.7 Å². The summed E-state index contributed by atoms with van der Waals surface area (Å²) in [5.41, 5.74) is 7.39. The van der Waals surface area contributed by atoms with Crippen molar-refractivity contribution in [2.45, 2.75) is 104 Å². The lowest BCUT2D eigenvalue weighted by Crippen LogP contribution is -2.62. The Morgan fingerprint density at radius 1 is 1.12 bits per heavy atom. The molecule has 3 N–H and O–H groups in total. The number of anilines is 1. The molecule has 17 heteroatoms. The normalized spacial score (nSPS) is 22.2. The summed E-state index contributed by atoms with van der Waals surface area (Å²) < 4.78 is 14.0. The molecule has 2 fully saturated rings. The van der Waals surface area contributed by atoms with Crippen molar-refractivity contribution in [1.29, 1.82) is 0 Å². The number of hydrazine groups is 1. The van der Waals surface area contributed by atoms with Gasteiger partial charge in [-0.2, -0.15) is 0 Å². The number of methoxy groups -OCH3 is 1. The molecule has 5 atom stereocenters. The van der Waals surface area contributed by atoms with Crippen molar-refractivity contribution in [1.82, 2.24) is 40.1 Å². The van der Waals surface area contributed by atoms with E-state index in [2.05, 4.69) is 26.8 Å². The number of nitrogens with one attached hydrogen (secondary N) is 2. The SMILES string of the molecule is C=CC(=O)N1CC[C@H](C(=O)N(C)[C@H](C(=O)N[C@H]2Cc3cc(O)cc(c3)N3CCc4nc(-c5cccnc5[C@H](C)OC)n(c4C3)CC(C)(C)COC(=O)[C@@H]3CCCN(N3)C2=O)C(C)C)C1. The van der Waals surface area contributed by atoms with E-state index in [1.165, 1.54) is 16.0 Å². The molecule has 0 spiro atoms. The van der Waals surface area contributed by atoms with Gasteiger partial charge in [-0.3, -0.25) is 34.0 Å². The van der Waals surface area contributed by atoms with Gasteiger partial charge in [-0.1, -0.05) is 34.3 Å². The van der Waals surface area contributed by atoms with Crippen molar-refractivity contribution in [3.05, 3.63) is 71.8 Å². The van der Waals surface area contributed by atoms with E-state index in [1.54, 1.807) is 37.4 Å². The van der Waals surface area contributed by atoms with E-state index in [1.807, 2.05) is 52.8 Å². The van der Waals surface area contributed by atoms with Crippen LogP contribution < -0.4 is 15.6 Å². The van der Waals surface area contributed by atoms with Gasteiger partial charge in [-0.25, -0.2) is 10.4 Å². The number of phenolic OH excluding ortho intramolecular Hbond substituents is 1. The number of hydrogen-bond acceptors (Lipinski definition) is 12. The minimum Gasteiger partial charge on any atom is -0.508 e. The summed E-state index contributed by atoms with van der Waals surface area (Å²) in [5, 5.41) is 15.6. The number of amides is 4. The summed E-state index contributed by atoms with van der Waals surface area (Å²) in [4.78, 5) is 84.2. The fourth-order valence-corrected chi connectivity index (χ4v) is 9.49. The summed E-state index contributed by atoms with van der Waals surface area (Å²) in [7, 11) is 3.23. The number of esters is 1. The number of nitrogens with zero attached hydrogens (tertiary/aromatic N) is 7. The zero-order valence-electron chi connectivity index (χ0n) is 38.1. The molecule has 17 nitrogen and oxygen atoms in total. The average Bonchev–Trinajstić information content (AvgIpc) is 3.91. The van der Waals surface area contributed by atoms with Crippen LogP contribution in [0.25, 0.3) is 11.4 Å². The van der Waals surface area contributed by atoms with Gasteiger partial charge >= 0.3 is 5.97 Å². The molecule has 1 aromatic carbocycles. The van der Waals surface area contributed by atoms with Crippen LogP contribution in [0.3, 0.4) is 0 Å². The van der Waals surface area contributed by atoms with E-state index in [-0.39, 0.29) is 55.7 Å². The molecule has 3 aromatic rings. The Balaban J connectivity index is 1.24. The number of rotatable bonds is 9. The van der Waals surface area contributed by atoms with Crippen molar-refractivity contribution < 1.29 is 38.6 Å². The van der Waals surface area contributed by atoms with E-state index < -0.39 is 47.2 Å². The van der Waals surface area contributed by atoms with Gasteiger partial charge in [0.05, 0.1) is 42.3 Å². The zero-order valence-corrected chi connectivity index (χ0v) is 38.1. The third-order valence-electron chi connectivity index (χ3n) is 12.9. The highest BCUT2D eigenvalue weighted by molar-refractivity contribution is 5.93. The van der Waals surface area contributed by atoms with E-state index in [0.717, 1.165) is 34.2 Å². The second-order valence-corrected chi connectivity index (χ2v) is 18.7. The topological polar surface area (TPSA) is 192 Å². The van der Waals surface area contributed by atoms with Crippen LogP contribution in [0.1, 0.15) is 82.6 Å². The van der Waals surface area contributed by atoms with Gasteiger partial charge < -0.3 is 39.2 Å². The molecule has 4 amide bonds. The molecule has 2 saturated heterocycles. The van der Waals surface area contributed by atoms with Crippen LogP contribution in [-0.2, 0) is 59.4 Å². The van der Waals surface area contributed by atoms with E-state index in [0.29, 0.717) is 57.4 Å². The number of benzene rings is 1. The molecule has 6 bridgehead atoms. The lowest BCUT2D eigenvalue weighted by molar-refractivity contribution is -0.155.